The highest BCUT2D eigenvalue weighted by atomic mass is 35.5. The third-order valence-corrected chi connectivity index (χ3v) is 5.11. The van der Waals surface area contributed by atoms with Gasteiger partial charge in [-0.2, -0.15) is 0 Å². The van der Waals surface area contributed by atoms with Crippen LogP contribution in [0.1, 0.15) is 12.0 Å². The number of anilines is 2. The molecule has 0 aromatic heterocycles. The van der Waals surface area contributed by atoms with Crippen molar-refractivity contribution in [2.24, 2.45) is 0 Å². The fraction of sp³-hybridized carbons (Fsp3) is 0.235. The number of para-hydroxylation sites is 1. The lowest BCUT2D eigenvalue weighted by Crippen LogP contribution is -2.33. The maximum absolute atomic E-state index is 13.9. The minimum atomic E-state index is -3.73. The van der Waals surface area contributed by atoms with Crippen LogP contribution >= 0.6 is 11.6 Å². The molecular formula is C17H18ClFN2O3S. The van der Waals surface area contributed by atoms with Gasteiger partial charge < -0.3 is 5.32 Å². The molecule has 0 saturated carbocycles. The number of hydrogen-bond acceptors (Lipinski definition) is 3. The summed E-state index contributed by atoms with van der Waals surface area (Å²) in [5.74, 6) is -1.07. The number of benzene rings is 2. The Labute approximate surface area is 151 Å². The van der Waals surface area contributed by atoms with Crippen molar-refractivity contribution in [2.45, 2.75) is 13.3 Å². The molecule has 0 spiro atoms. The summed E-state index contributed by atoms with van der Waals surface area (Å²) in [6, 6.07) is 10.6. The van der Waals surface area contributed by atoms with Crippen LogP contribution in [-0.2, 0) is 14.8 Å². The number of aryl methyl sites for hydroxylation is 1. The molecule has 1 N–H and O–H groups in total. The SMILES string of the molecule is Cc1ccc(NC(=O)CCN(c2ccccc2F)S(C)(=O)=O)cc1Cl. The average molecular weight is 385 g/mol. The number of nitrogens with one attached hydrogen (secondary N) is 1. The quantitative estimate of drug-likeness (QED) is 0.827. The Kier molecular flexibility index (Phi) is 6.02. The van der Waals surface area contributed by atoms with Gasteiger partial charge in [0.2, 0.25) is 15.9 Å². The van der Waals surface area contributed by atoms with Crippen LogP contribution in [0.3, 0.4) is 0 Å². The molecular weight excluding hydrogens is 367 g/mol. The number of nitrogens with zero attached hydrogens (tertiary/aromatic N) is 1. The Balaban J connectivity index is 2.09. The van der Waals surface area contributed by atoms with Crippen molar-refractivity contribution in [3.05, 3.63) is 58.9 Å². The molecule has 0 atom stereocenters. The molecule has 2 rings (SSSR count). The minimum Gasteiger partial charge on any atom is -0.326 e. The number of hydrogen-bond donors (Lipinski definition) is 1. The molecule has 134 valence electrons. The summed E-state index contributed by atoms with van der Waals surface area (Å²) in [7, 11) is -3.73. The van der Waals surface area contributed by atoms with E-state index in [9.17, 15) is 17.6 Å². The Morgan fingerprint density at radius 3 is 2.52 bits per heavy atom. The monoisotopic (exact) mass is 384 g/mol. The first-order chi connectivity index (χ1) is 11.7. The van der Waals surface area contributed by atoms with Crippen LogP contribution < -0.4 is 9.62 Å². The van der Waals surface area contributed by atoms with Gasteiger partial charge in [-0.3, -0.25) is 9.10 Å². The molecule has 0 unspecified atom stereocenters. The summed E-state index contributed by atoms with van der Waals surface area (Å²) in [6.07, 6.45) is 0.837. The van der Waals surface area contributed by atoms with Crippen LogP contribution in [-0.4, -0.2) is 27.1 Å². The zero-order chi connectivity index (χ0) is 18.6. The second kappa shape index (κ2) is 7.84. The molecule has 0 radical (unpaired) electrons. The van der Waals surface area contributed by atoms with E-state index in [0.717, 1.165) is 16.1 Å². The molecule has 0 saturated heterocycles. The lowest BCUT2D eigenvalue weighted by Gasteiger charge is -2.22. The molecule has 5 nitrogen and oxygen atoms in total. The zero-order valence-electron chi connectivity index (χ0n) is 13.8. The molecule has 0 bridgehead atoms. The van der Waals surface area contributed by atoms with Crippen LogP contribution in [0.5, 0.6) is 0 Å². The number of sulfonamides is 1. The van der Waals surface area contributed by atoms with Gasteiger partial charge in [-0.1, -0.05) is 29.8 Å². The first-order valence-electron chi connectivity index (χ1n) is 7.47. The van der Waals surface area contributed by atoms with Gasteiger partial charge >= 0.3 is 0 Å². The molecule has 0 fully saturated rings. The molecule has 8 heteroatoms. The van der Waals surface area contributed by atoms with Crippen LogP contribution in [0.25, 0.3) is 0 Å². The Morgan fingerprint density at radius 2 is 1.92 bits per heavy atom. The van der Waals surface area contributed by atoms with Crippen molar-refractivity contribution < 1.29 is 17.6 Å². The molecule has 0 aliphatic heterocycles. The van der Waals surface area contributed by atoms with Crippen molar-refractivity contribution in [3.63, 3.8) is 0 Å². The number of carbonyl (C=O) groups is 1. The Hall–Kier alpha value is -2.12. The fourth-order valence-corrected chi connectivity index (χ4v) is 3.32. The van der Waals surface area contributed by atoms with Crippen LogP contribution in [0.4, 0.5) is 15.8 Å². The van der Waals surface area contributed by atoms with E-state index in [0.29, 0.717) is 10.7 Å². The van der Waals surface area contributed by atoms with Crippen molar-refractivity contribution in [3.8, 4) is 0 Å². The van der Waals surface area contributed by atoms with E-state index in [2.05, 4.69) is 5.32 Å². The summed E-state index contributed by atoms with van der Waals surface area (Å²) >= 11 is 6.00. The third-order valence-electron chi connectivity index (χ3n) is 3.52. The highest BCUT2D eigenvalue weighted by Gasteiger charge is 2.21. The maximum atomic E-state index is 13.9. The van der Waals surface area contributed by atoms with Crippen LogP contribution in [0, 0.1) is 12.7 Å². The Bertz CT molecular complexity index is 887. The highest BCUT2D eigenvalue weighted by molar-refractivity contribution is 7.92. The van der Waals surface area contributed by atoms with Gasteiger partial charge in [0.1, 0.15) is 5.82 Å². The molecule has 2 aromatic carbocycles. The summed E-state index contributed by atoms with van der Waals surface area (Å²) in [4.78, 5) is 12.1. The number of rotatable bonds is 6. The molecule has 25 heavy (non-hydrogen) atoms. The van der Waals surface area contributed by atoms with Gasteiger partial charge in [0.05, 0.1) is 11.9 Å². The molecule has 2 aromatic rings. The van der Waals surface area contributed by atoms with E-state index in [1.807, 2.05) is 6.92 Å². The fourth-order valence-electron chi connectivity index (χ4n) is 2.22. The first-order valence-corrected chi connectivity index (χ1v) is 9.69. The van der Waals surface area contributed by atoms with E-state index in [4.69, 9.17) is 11.6 Å². The van der Waals surface area contributed by atoms with E-state index in [1.54, 1.807) is 18.2 Å². The van der Waals surface area contributed by atoms with Gasteiger partial charge in [0.25, 0.3) is 0 Å². The standard InChI is InChI=1S/C17H18ClFN2O3S/c1-12-7-8-13(11-14(12)18)20-17(22)9-10-21(25(2,23)24)16-6-4-3-5-15(16)19/h3-8,11H,9-10H2,1-2H3,(H,20,22). The molecule has 0 heterocycles. The van der Waals surface area contributed by atoms with Gasteiger partial charge in [-0.05, 0) is 36.8 Å². The normalized spacial score (nSPS) is 11.2. The molecule has 1 amide bonds. The average Bonchev–Trinajstić information content (AvgIpc) is 2.51. The predicted molar refractivity (Wildman–Crippen MR) is 98.0 cm³/mol. The largest absolute Gasteiger partial charge is 0.326 e. The minimum absolute atomic E-state index is 0.0869. The third kappa shape index (κ3) is 5.17. The van der Waals surface area contributed by atoms with Crippen LogP contribution in [0.2, 0.25) is 5.02 Å². The number of amides is 1. The predicted octanol–water partition coefficient (Wildman–Crippen LogP) is 3.58. The van der Waals surface area contributed by atoms with E-state index < -0.39 is 21.7 Å². The van der Waals surface area contributed by atoms with E-state index in [-0.39, 0.29) is 18.7 Å². The Morgan fingerprint density at radius 1 is 1.24 bits per heavy atom. The van der Waals surface area contributed by atoms with E-state index in [1.165, 1.54) is 24.3 Å². The topological polar surface area (TPSA) is 66.5 Å². The van der Waals surface area contributed by atoms with Crippen molar-refractivity contribution in [2.75, 3.05) is 22.4 Å². The van der Waals surface area contributed by atoms with Gasteiger partial charge in [0.15, 0.2) is 0 Å². The molecule has 0 aliphatic rings. The first kappa shape index (κ1) is 19.2. The molecule has 0 aliphatic carbocycles. The summed E-state index contributed by atoms with van der Waals surface area (Å²) in [5, 5.41) is 3.16. The van der Waals surface area contributed by atoms with Gasteiger partial charge in [0, 0.05) is 23.7 Å². The van der Waals surface area contributed by atoms with Gasteiger partial charge in [-0.15, -0.1) is 0 Å². The summed E-state index contributed by atoms with van der Waals surface area (Å²) < 4.78 is 38.7. The zero-order valence-corrected chi connectivity index (χ0v) is 15.4. The van der Waals surface area contributed by atoms with Crippen molar-refractivity contribution in [1.29, 1.82) is 0 Å². The van der Waals surface area contributed by atoms with Crippen molar-refractivity contribution >= 4 is 38.9 Å². The second-order valence-electron chi connectivity index (χ2n) is 5.55. The highest BCUT2D eigenvalue weighted by Crippen LogP contribution is 2.22. The van der Waals surface area contributed by atoms with Crippen LogP contribution in [0.15, 0.2) is 42.5 Å². The summed E-state index contributed by atoms with van der Waals surface area (Å²) in [6.45, 7) is 1.66. The summed E-state index contributed by atoms with van der Waals surface area (Å²) in [5.41, 5.74) is 1.30. The number of halogens is 2. The van der Waals surface area contributed by atoms with Crippen molar-refractivity contribution in [1.82, 2.24) is 0 Å². The lowest BCUT2D eigenvalue weighted by atomic mass is 10.2. The second-order valence-corrected chi connectivity index (χ2v) is 7.86. The smallest absolute Gasteiger partial charge is 0.232 e. The van der Waals surface area contributed by atoms with Gasteiger partial charge in [-0.25, -0.2) is 12.8 Å². The van der Waals surface area contributed by atoms with E-state index >= 15 is 0 Å². The maximum Gasteiger partial charge on any atom is 0.232 e. The lowest BCUT2D eigenvalue weighted by molar-refractivity contribution is -0.116. The number of carbonyl (C=O) groups excluding carboxylic acids is 1.